The number of benzene rings is 2. The largest absolute Gasteiger partial charge is 0.376 e. The van der Waals surface area contributed by atoms with Crippen LogP contribution in [0, 0.1) is 0 Å². The van der Waals surface area contributed by atoms with Gasteiger partial charge in [0, 0.05) is 25.6 Å². The van der Waals surface area contributed by atoms with Crippen LogP contribution in [0.2, 0.25) is 0 Å². The molecule has 2 amide bonds. The Bertz CT molecular complexity index is 600. The topological polar surface area (TPSA) is 50.4 Å². The van der Waals surface area contributed by atoms with Gasteiger partial charge in [0.1, 0.15) is 0 Å². The zero-order chi connectivity index (χ0) is 17.3. The Labute approximate surface area is 149 Å². The first kappa shape index (κ1) is 17.5. The summed E-state index contributed by atoms with van der Waals surface area (Å²) in [7, 11) is 0. The minimum absolute atomic E-state index is 0.115. The van der Waals surface area contributed by atoms with Gasteiger partial charge in [-0.05, 0) is 30.4 Å². The van der Waals surface area contributed by atoms with Crippen LogP contribution in [0.3, 0.4) is 0 Å². The van der Waals surface area contributed by atoms with Crippen molar-refractivity contribution in [2.24, 2.45) is 0 Å². The molecule has 1 atom stereocenters. The van der Waals surface area contributed by atoms with E-state index in [2.05, 4.69) is 59.2 Å². The van der Waals surface area contributed by atoms with E-state index < -0.39 is 0 Å². The fraction of sp³-hybridized carbons (Fsp3) is 0.381. The highest BCUT2D eigenvalue weighted by Crippen LogP contribution is 2.27. The fourth-order valence-electron chi connectivity index (χ4n) is 3.30. The Morgan fingerprint density at radius 2 is 1.64 bits per heavy atom. The molecular weight excluding hydrogens is 312 g/mol. The predicted octanol–water partition coefficient (Wildman–Crippen LogP) is 3.69. The van der Waals surface area contributed by atoms with Crippen molar-refractivity contribution in [3.8, 4) is 0 Å². The SMILES string of the molecule is O=C(NCCC(c1ccccc1)c1ccccc1)NCC1CCCO1. The first-order chi connectivity index (χ1) is 12.3. The lowest BCUT2D eigenvalue weighted by Gasteiger charge is -2.19. The van der Waals surface area contributed by atoms with Crippen molar-refractivity contribution in [1.29, 1.82) is 0 Å². The molecule has 132 valence electrons. The van der Waals surface area contributed by atoms with Crippen molar-refractivity contribution in [3.63, 3.8) is 0 Å². The molecule has 4 nitrogen and oxygen atoms in total. The van der Waals surface area contributed by atoms with Gasteiger partial charge in [0.25, 0.3) is 0 Å². The molecule has 1 aliphatic rings. The zero-order valence-corrected chi connectivity index (χ0v) is 14.5. The van der Waals surface area contributed by atoms with E-state index in [0.29, 0.717) is 13.1 Å². The third-order valence-electron chi connectivity index (χ3n) is 4.64. The number of carbonyl (C=O) groups is 1. The maximum Gasteiger partial charge on any atom is 0.314 e. The Morgan fingerprint density at radius 1 is 1.00 bits per heavy atom. The summed E-state index contributed by atoms with van der Waals surface area (Å²) in [6.07, 6.45) is 3.15. The second-order valence-electron chi connectivity index (χ2n) is 6.43. The van der Waals surface area contributed by atoms with Gasteiger partial charge in [0.2, 0.25) is 0 Å². The van der Waals surface area contributed by atoms with E-state index in [4.69, 9.17) is 4.74 Å². The molecule has 3 rings (SSSR count). The average Bonchev–Trinajstić information content (AvgIpc) is 3.19. The minimum atomic E-state index is -0.115. The van der Waals surface area contributed by atoms with Gasteiger partial charge in [-0.2, -0.15) is 0 Å². The van der Waals surface area contributed by atoms with Gasteiger partial charge >= 0.3 is 6.03 Å². The third kappa shape index (κ3) is 5.33. The van der Waals surface area contributed by atoms with E-state index in [-0.39, 0.29) is 18.1 Å². The van der Waals surface area contributed by atoms with Crippen LogP contribution in [0.15, 0.2) is 60.7 Å². The summed E-state index contributed by atoms with van der Waals surface area (Å²) in [6, 6.07) is 20.8. The third-order valence-corrected chi connectivity index (χ3v) is 4.64. The molecule has 0 bridgehead atoms. The number of urea groups is 1. The molecule has 0 aliphatic carbocycles. The normalized spacial score (nSPS) is 16.8. The molecule has 1 aliphatic heterocycles. The van der Waals surface area contributed by atoms with Crippen LogP contribution in [-0.4, -0.2) is 31.8 Å². The second-order valence-corrected chi connectivity index (χ2v) is 6.43. The first-order valence-electron chi connectivity index (χ1n) is 9.06. The fourth-order valence-corrected chi connectivity index (χ4v) is 3.30. The molecule has 4 heteroatoms. The number of carbonyl (C=O) groups excluding carboxylic acids is 1. The smallest absolute Gasteiger partial charge is 0.314 e. The van der Waals surface area contributed by atoms with Crippen molar-refractivity contribution in [1.82, 2.24) is 10.6 Å². The number of nitrogens with one attached hydrogen (secondary N) is 2. The van der Waals surface area contributed by atoms with Gasteiger partial charge in [-0.25, -0.2) is 4.79 Å². The van der Waals surface area contributed by atoms with E-state index in [1.807, 2.05) is 12.1 Å². The van der Waals surface area contributed by atoms with Crippen molar-refractivity contribution in [2.45, 2.75) is 31.3 Å². The maximum absolute atomic E-state index is 12.0. The second kappa shape index (κ2) is 9.23. The van der Waals surface area contributed by atoms with Crippen LogP contribution in [0.1, 0.15) is 36.3 Å². The number of amides is 2. The first-order valence-corrected chi connectivity index (χ1v) is 9.06. The van der Waals surface area contributed by atoms with Crippen molar-refractivity contribution < 1.29 is 9.53 Å². The van der Waals surface area contributed by atoms with Crippen molar-refractivity contribution in [3.05, 3.63) is 71.8 Å². The van der Waals surface area contributed by atoms with E-state index >= 15 is 0 Å². The average molecular weight is 338 g/mol. The summed E-state index contributed by atoms with van der Waals surface area (Å²) >= 11 is 0. The quantitative estimate of drug-likeness (QED) is 0.809. The minimum Gasteiger partial charge on any atom is -0.376 e. The molecule has 0 spiro atoms. The molecule has 0 radical (unpaired) electrons. The Hall–Kier alpha value is -2.33. The molecular formula is C21H26N2O2. The number of rotatable bonds is 7. The summed E-state index contributed by atoms with van der Waals surface area (Å²) in [5, 5.41) is 5.87. The molecule has 2 aromatic rings. The van der Waals surface area contributed by atoms with Crippen molar-refractivity contribution >= 4 is 6.03 Å². The van der Waals surface area contributed by atoms with Gasteiger partial charge in [0.05, 0.1) is 6.10 Å². The van der Waals surface area contributed by atoms with Crippen LogP contribution < -0.4 is 10.6 Å². The van der Waals surface area contributed by atoms with Crippen LogP contribution in [0.25, 0.3) is 0 Å². The Balaban J connectivity index is 1.51. The molecule has 1 fully saturated rings. The van der Waals surface area contributed by atoms with E-state index in [1.54, 1.807) is 0 Å². The van der Waals surface area contributed by atoms with E-state index in [9.17, 15) is 4.79 Å². The van der Waals surface area contributed by atoms with Gasteiger partial charge in [0.15, 0.2) is 0 Å². The van der Waals surface area contributed by atoms with E-state index in [1.165, 1.54) is 11.1 Å². The standard InChI is InChI=1S/C21H26N2O2/c24-21(23-16-19-12-7-15-25-19)22-14-13-20(17-8-3-1-4-9-17)18-10-5-2-6-11-18/h1-6,8-11,19-20H,7,12-16H2,(H2,22,23,24). The molecule has 2 N–H and O–H groups in total. The summed E-state index contributed by atoms with van der Waals surface area (Å²) in [5.41, 5.74) is 2.55. The predicted molar refractivity (Wildman–Crippen MR) is 99.7 cm³/mol. The number of hydrogen-bond acceptors (Lipinski definition) is 2. The summed E-state index contributed by atoms with van der Waals surface area (Å²) in [5.74, 6) is 0.279. The molecule has 1 unspecified atom stereocenters. The van der Waals surface area contributed by atoms with Crippen molar-refractivity contribution in [2.75, 3.05) is 19.7 Å². The summed E-state index contributed by atoms with van der Waals surface area (Å²) in [4.78, 5) is 12.0. The van der Waals surface area contributed by atoms with Crippen LogP contribution in [-0.2, 0) is 4.74 Å². The molecule has 1 saturated heterocycles. The molecule has 0 saturated carbocycles. The van der Waals surface area contributed by atoms with Crippen LogP contribution in [0.4, 0.5) is 4.79 Å². The Morgan fingerprint density at radius 3 is 2.20 bits per heavy atom. The van der Waals surface area contributed by atoms with Gasteiger partial charge < -0.3 is 15.4 Å². The lowest BCUT2D eigenvalue weighted by Crippen LogP contribution is -2.40. The lowest BCUT2D eigenvalue weighted by molar-refractivity contribution is 0.111. The van der Waals surface area contributed by atoms with Crippen LogP contribution >= 0.6 is 0 Å². The van der Waals surface area contributed by atoms with Gasteiger partial charge in [-0.15, -0.1) is 0 Å². The summed E-state index contributed by atoms with van der Waals surface area (Å²) < 4.78 is 5.52. The molecule has 0 aromatic heterocycles. The molecule has 2 aromatic carbocycles. The number of hydrogen-bond donors (Lipinski definition) is 2. The maximum atomic E-state index is 12.0. The van der Waals surface area contributed by atoms with E-state index in [0.717, 1.165) is 25.9 Å². The number of ether oxygens (including phenoxy) is 1. The lowest BCUT2D eigenvalue weighted by atomic mass is 9.88. The molecule has 1 heterocycles. The highest BCUT2D eigenvalue weighted by Gasteiger charge is 2.17. The highest BCUT2D eigenvalue weighted by molar-refractivity contribution is 5.73. The highest BCUT2D eigenvalue weighted by atomic mass is 16.5. The zero-order valence-electron chi connectivity index (χ0n) is 14.5. The van der Waals surface area contributed by atoms with Crippen LogP contribution in [0.5, 0.6) is 0 Å². The van der Waals surface area contributed by atoms with Gasteiger partial charge in [-0.1, -0.05) is 60.7 Å². The molecule has 25 heavy (non-hydrogen) atoms. The summed E-state index contributed by atoms with van der Waals surface area (Å²) in [6.45, 7) is 2.03. The monoisotopic (exact) mass is 338 g/mol. The van der Waals surface area contributed by atoms with Gasteiger partial charge in [-0.3, -0.25) is 0 Å². The Kier molecular flexibility index (Phi) is 6.46.